The molecule has 0 aliphatic carbocycles. The zero-order chi connectivity index (χ0) is 12.1. The Bertz CT molecular complexity index is 250. The van der Waals surface area contributed by atoms with E-state index >= 15 is 0 Å². The number of carbonyl (C=O) groups excluding carboxylic acids is 1. The molecule has 0 aromatic rings. The molecule has 17 heavy (non-hydrogen) atoms. The van der Waals surface area contributed by atoms with Crippen LogP contribution in [0.2, 0.25) is 0 Å². The van der Waals surface area contributed by atoms with Crippen LogP contribution in [0, 0.1) is 0 Å². The van der Waals surface area contributed by atoms with Crippen LogP contribution in [-0.4, -0.2) is 49.2 Å². The number of amides is 1. The molecule has 0 bridgehead atoms. The predicted molar refractivity (Wildman–Crippen MR) is 66.9 cm³/mol. The number of hydrogen-bond acceptors (Lipinski definition) is 3. The third-order valence-corrected chi connectivity index (χ3v) is 3.68. The van der Waals surface area contributed by atoms with Crippen molar-refractivity contribution in [1.82, 2.24) is 10.2 Å². The highest BCUT2D eigenvalue weighted by molar-refractivity contribution is 5.82. The molecule has 2 atom stereocenters. The number of nitrogens with zero attached hydrogens (tertiary/aromatic N) is 1. The molecular formula is C13H24N2O2. The second-order valence-corrected chi connectivity index (χ2v) is 5.03. The minimum Gasteiger partial charge on any atom is -0.376 e. The summed E-state index contributed by atoms with van der Waals surface area (Å²) in [5, 5.41) is 3.27. The van der Waals surface area contributed by atoms with Crippen molar-refractivity contribution in [1.29, 1.82) is 0 Å². The van der Waals surface area contributed by atoms with E-state index in [1.165, 1.54) is 12.8 Å². The molecule has 1 amide bonds. The van der Waals surface area contributed by atoms with Gasteiger partial charge in [0, 0.05) is 19.7 Å². The Labute approximate surface area is 104 Å². The lowest BCUT2D eigenvalue weighted by molar-refractivity contribution is -0.138. The number of carbonyl (C=O) groups is 1. The molecule has 2 aliphatic rings. The summed E-state index contributed by atoms with van der Waals surface area (Å²) in [5.74, 6) is 0.271. The number of ether oxygens (including phenoxy) is 1. The van der Waals surface area contributed by atoms with Crippen LogP contribution in [0.4, 0.5) is 0 Å². The van der Waals surface area contributed by atoms with Crippen molar-refractivity contribution in [3.05, 3.63) is 0 Å². The maximum absolute atomic E-state index is 12.2. The Hall–Kier alpha value is -0.610. The van der Waals surface area contributed by atoms with Crippen LogP contribution in [0.15, 0.2) is 0 Å². The molecule has 0 aromatic carbocycles. The van der Waals surface area contributed by atoms with Gasteiger partial charge in [-0.15, -0.1) is 0 Å². The summed E-state index contributed by atoms with van der Waals surface area (Å²) in [5.41, 5.74) is 0. The molecule has 2 heterocycles. The quantitative estimate of drug-likeness (QED) is 0.801. The van der Waals surface area contributed by atoms with Crippen LogP contribution >= 0.6 is 0 Å². The van der Waals surface area contributed by atoms with Crippen LogP contribution in [0.5, 0.6) is 0 Å². The van der Waals surface area contributed by atoms with Crippen LogP contribution in [-0.2, 0) is 9.53 Å². The fourth-order valence-corrected chi connectivity index (χ4v) is 2.75. The fraction of sp³-hybridized carbons (Fsp3) is 0.923. The van der Waals surface area contributed by atoms with Crippen molar-refractivity contribution in [3.63, 3.8) is 0 Å². The van der Waals surface area contributed by atoms with Gasteiger partial charge < -0.3 is 15.0 Å². The minimum absolute atomic E-state index is 0.0392. The molecule has 2 rings (SSSR count). The highest BCUT2D eigenvalue weighted by Gasteiger charge is 2.29. The van der Waals surface area contributed by atoms with Crippen molar-refractivity contribution in [2.45, 2.75) is 51.2 Å². The van der Waals surface area contributed by atoms with Gasteiger partial charge in [0.05, 0.1) is 12.1 Å². The van der Waals surface area contributed by atoms with Gasteiger partial charge in [0.2, 0.25) is 5.91 Å². The third-order valence-electron chi connectivity index (χ3n) is 3.68. The van der Waals surface area contributed by atoms with Gasteiger partial charge in [-0.05, 0) is 38.6 Å². The Morgan fingerprint density at radius 1 is 1.35 bits per heavy atom. The summed E-state index contributed by atoms with van der Waals surface area (Å²) in [6, 6.07) is 0.0392. The van der Waals surface area contributed by atoms with E-state index in [-0.39, 0.29) is 18.1 Å². The maximum atomic E-state index is 12.2. The van der Waals surface area contributed by atoms with E-state index in [1.54, 1.807) is 0 Å². The summed E-state index contributed by atoms with van der Waals surface area (Å²) >= 11 is 0. The monoisotopic (exact) mass is 240 g/mol. The van der Waals surface area contributed by atoms with E-state index in [2.05, 4.69) is 12.2 Å². The normalized spacial score (nSPS) is 30.6. The van der Waals surface area contributed by atoms with Gasteiger partial charge in [-0.25, -0.2) is 0 Å². The summed E-state index contributed by atoms with van der Waals surface area (Å²) < 4.78 is 5.71. The van der Waals surface area contributed by atoms with Gasteiger partial charge in [-0.1, -0.05) is 6.92 Å². The van der Waals surface area contributed by atoms with Gasteiger partial charge in [-0.2, -0.15) is 0 Å². The topological polar surface area (TPSA) is 41.6 Å². The van der Waals surface area contributed by atoms with E-state index in [0.717, 1.165) is 45.5 Å². The molecule has 2 aliphatic heterocycles. The van der Waals surface area contributed by atoms with Crippen LogP contribution in [0.25, 0.3) is 0 Å². The molecule has 98 valence electrons. The highest BCUT2D eigenvalue weighted by Crippen LogP contribution is 2.17. The molecule has 2 saturated heterocycles. The molecule has 0 saturated carbocycles. The van der Waals surface area contributed by atoms with Crippen molar-refractivity contribution < 1.29 is 9.53 Å². The third kappa shape index (κ3) is 3.42. The maximum Gasteiger partial charge on any atom is 0.239 e. The van der Waals surface area contributed by atoms with Crippen molar-refractivity contribution >= 4 is 5.91 Å². The molecule has 0 aromatic heterocycles. The van der Waals surface area contributed by atoms with Crippen LogP contribution in [0.3, 0.4) is 0 Å². The number of nitrogens with one attached hydrogen (secondary N) is 1. The first-order valence-corrected chi connectivity index (χ1v) is 6.95. The molecule has 1 N–H and O–H groups in total. The van der Waals surface area contributed by atoms with E-state index in [1.807, 2.05) is 4.90 Å². The Morgan fingerprint density at radius 2 is 2.24 bits per heavy atom. The van der Waals surface area contributed by atoms with Crippen LogP contribution < -0.4 is 5.32 Å². The van der Waals surface area contributed by atoms with E-state index in [4.69, 9.17) is 4.74 Å². The van der Waals surface area contributed by atoms with Crippen molar-refractivity contribution in [2.24, 2.45) is 0 Å². The second kappa shape index (κ2) is 6.36. The lowest BCUT2D eigenvalue weighted by atomic mass is 10.0. The molecular weight excluding hydrogens is 216 g/mol. The lowest BCUT2D eigenvalue weighted by Crippen LogP contribution is -2.52. The summed E-state index contributed by atoms with van der Waals surface area (Å²) in [6.07, 6.45) is 5.88. The van der Waals surface area contributed by atoms with E-state index in [9.17, 15) is 4.79 Å². The number of likely N-dealkylation sites (tertiary alicyclic amines) is 1. The zero-order valence-corrected chi connectivity index (χ0v) is 10.8. The number of piperidine rings is 1. The average molecular weight is 240 g/mol. The first-order chi connectivity index (χ1) is 8.31. The SMILES string of the molecule is CCNC1CCCN(CC2CCCCO2)C1=O. The Balaban J connectivity index is 1.84. The lowest BCUT2D eigenvalue weighted by Gasteiger charge is -2.35. The zero-order valence-electron chi connectivity index (χ0n) is 10.8. The van der Waals surface area contributed by atoms with Gasteiger partial charge >= 0.3 is 0 Å². The van der Waals surface area contributed by atoms with E-state index in [0.29, 0.717) is 0 Å². The minimum atomic E-state index is 0.0392. The van der Waals surface area contributed by atoms with Crippen molar-refractivity contribution in [2.75, 3.05) is 26.2 Å². The standard InChI is InChI=1S/C13H24N2O2/c1-2-14-12-7-5-8-15(13(12)16)10-11-6-3-4-9-17-11/h11-12,14H,2-10H2,1H3. The predicted octanol–water partition coefficient (Wildman–Crippen LogP) is 1.16. The molecule has 4 heteroatoms. The van der Waals surface area contributed by atoms with E-state index < -0.39 is 0 Å². The number of likely N-dealkylation sites (N-methyl/N-ethyl adjacent to an activating group) is 1. The van der Waals surface area contributed by atoms with Gasteiger partial charge in [0.15, 0.2) is 0 Å². The summed E-state index contributed by atoms with van der Waals surface area (Å²) in [4.78, 5) is 14.2. The second-order valence-electron chi connectivity index (χ2n) is 5.03. The summed E-state index contributed by atoms with van der Waals surface area (Å²) in [6.45, 7) is 5.48. The highest BCUT2D eigenvalue weighted by atomic mass is 16.5. The van der Waals surface area contributed by atoms with Crippen molar-refractivity contribution in [3.8, 4) is 0 Å². The largest absolute Gasteiger partial charge is 0.376 e. The number of rotatable bonds is 4. The molecule has 2 fully saturated rings. The molecule has 4 nitrogen and oxygen atoms in total. The smallest absolute Gasteiger partial charge is 0.239 e. The van der Waals surface area contributed by atoms with Gasteiger partial charge in [0.1, 0.15) is 0 Å². The first-order valence-electron chi connectivity index (χ1n) is 6.95. The fourth-order valence-electron chi connectivity index (χ4n) is 2.75. The summed E-state index contributed by atoms with van der Waals surface area (Å²) in [7, 11) is 0. The average Bonchev–Trinajstić information content (AvgIpc) is 2.36. The molecule has 0 spiro atoms. The Kier molecular flexibility index (Phi) is 4.80. The van der Waals surface area contributed by atoms with Gasteiger partial charge in [0.25, 0.3) is 0 Å². The first kappa shape index (κ1) is 12.8. The number of hydrogen-bond donors (Lipinski definition) is 1. The molecule has 2 unspecified atom stereocenters. The molecule has 0 radical (unpaired) electrons. The Morgan fingerprint density at radius 3 is 2.94 bits per heavy atom. The van der Waals surface area contributed by atoms with Gasteiger partial charge in [-0.3, -0.25) is 4.79 Å². The van der Waals surface area contributed by atoms with Crippen LogP contribution in [0.1, 0.15) is 39.0 Å².